The fourth-order valence-electron chi connectivity index (χ4n) is 1.80. The molecule has 0 radical (unpaired) electrons. The van der Waals surface area contributed by atoms with Gasteiger partial charge in [-0.15, -0.1) is 0 Å². The SMILES string of the molecule is COc1ccc(N)c(C(=O)NCc2ccn(C)c2)c1. The first-order valence-corrected chi connectivity index (χ1v) is 5.92. The Balaban J connectivity index is 2.07. The molecule has 2 aromatic rings. The quantitative estimate of drug-likeness (QED) is 0.818. The van der Waals surface area contributed by atoms with Crippen LogP contribution < -0.4 is 15.8 Å². The number of rotatable bonds is 4. The molecule has 0 atom stereocenters. The van der Waals surface area contributed by atoms with Gasteiger partial charge in [-0.25, -0.2) is 0 Å². The monoisotopic (exact) mass is 259 g/mol. The number of methoxy groups -OCH3 is 1. The molecule has 0 aliphatic rings. The zero-order valence-corrected chi connectivity index (χ0v) is 11.0. The van der Waals surface area contributed by atoms with Crippen molar-refractivity contribution in [2.75, 3.05) is 12.8 Å². The maximum atomic E-state index is 12.1. The summed E-state index contributed by atoms with van der Waals surface area (Å²) < 4.78 is 7.02. The molecule has 1 aromatic heterocycles. The van der Waals surface area contributed by atoms with Crippen LogP contribution in [0.25, 0.3) is 0 Å². The molecule has 0 saturated carbocycles. The summed E-state index contributed by atoms with van der Waals surface area (Å²) in [5.41, 5.74) is 7.70. The fraction of sp³-hybridized carbons (Fsp3) is 0.214. The van der Waals surface area contributed by atoms with Gasteiger partial charge in [-0.1, -0.05) is 0 Å². The molecule has 0 bridgehead atoms. The number of nitrogens with two attached hydrogens (primary N) is 1. The molecule has 19 heavy (non-hydrogen) atoms. The largest absolute Gasteiger partial charge is 0.497 e. The van der Waals surface area contributed by atoms with Crippen LogP contribution in [-0.2, 0) is 13.6 Å². The topological polar surface area (TPSA) is 69.3 Å². The minimum Gasteiger partial charge on any atom is -0.497 e. The number of hydrogen-bond acceptors (Lipinski definition) is 3. The average Bonchev–Trinajstić information content (AvgIpc) is 2.82. The first kappa shape index (κ1) is 13.0. The first-order chi connectivity index (χ1) is 9.10. The van der Waals surface area contributed by atoms with Crippen molar-refractivity contribution in [3.63, 3.8) is 0 Å². The lowest BCUT2D eigenvalue weighted by Crippen LogP contribution is -2.23. The summed E-state index contributed by atoms with van der Waals surface area (Å²) in [7, 11) is 3.49. The molecule has 1 heterocycles. The third-order valence-electron chi connectivity index (χ3n) is 2.85. The average molecular weight is 259 g/mol. The van der Waals surface area contributed by atoms with Crippen LogP contribution in [0.2, 0.25) is 0 Å². The molecule has 3 N–H and O–H groups in total. The molecule has 0 aliphatic carbocycles. The fourth-order valence-corrected chi connectivity index (χ4v) is 1.80. The Bertz CT molecular complexity index is 590. The van der Waals surface area contributed by atoms with E-state index in [0.29, 0.717) is 23.5 Å². The smallest absolute Gasteiger partial charge is 0.253 e. The number of ether oxygens (including phenoxy) is 1. The van der Waals surface area contributed by atoms with E-state index in [4.69, 9.17) is 10.5 Å². The Morgan fingerprint density at radius 1 is 1.42 bits per heavy atom. The number of nitrogen functional groups attached to an aromatic ring is 1. The van der Waals surface area contributed by atoms with Crippen LogP contribution in [0.5, 0.6) is 5.75 Å². The molecule has 0 fully saturated rings. The number of hydrogen-bond donors (Lipinski definition) is 2. The van der Waals surface area contributed by atoms with Crippen molar-refractivity contribution in [1.29, 1.82) is 0 Å². The highest BCUT2D eigenvalue weighted by molar-refractivity contribution is 5.99. The molecular weight excluding hydrogens is 242 g/mol. The van der Waals surface area contributed by atoms with E-state index in [2.05, 4.69) is 5.32 Å². The number of nitrogens with zero attached hydrogens (tertiary/aromatic N) is 1. The second kappa shape index (κ2) is 5.48. The molecule has 2 rings (SSSR count). The van der Waals surface area contributed by atoms with E-state index in [9.17, 15) is 4.79 Å². The third kappa shape index (κ3) is 3.07. The van der Waals surface area contributed by atoms with Gasteiger partial charge in [0.2, 0.25) is 0 Å². The Labute approximate surface area is 112 Å². The van der Waals surface area contributed by atoms with E-state index >= 15 is 0 Å². The van der Waals surface area contributed by atoms with E-state index in [0.717, 1.165) is 5.56 Å². The summed E-state index contributed by atoms with van der Waals surface area (Å²) >= 11 is 0. The Kier molecular flexibility index (Phi) is 3.75. The molecule has 0 unspecified atom stereocenters. The summed E-state index contributed by atoms with van der Waals surface area (Å²) in [6.07, 6.45) is 3.89. The van der Waals surface area contributed by atoms with Crippen LogP contribution in [0.4, 0.5) is 5.69 Å². The number of aryl methyl sites for hydroxylation is 1. The number of amides is 1. The van der Waals surface area contributed by atoms with Crippen molar-refractivity contribution in [3.05, 3.63) is 47.8 Å². The van der Waals surface area contributed by atoms with Crippen LogP contribution in [0.1, 0.15) is 15.9 Å². The van der Waals surface area contributed by atoms with Gasteiger partial charge in [0.15, 0.2) is 0 Å². The van der Waals surface area contributed by atoms with E-state index in [1.807, 2.05) is 30.1 Å². The lowest BCUT2D eigenvalue weighted by atomic mass is 10.1. The molecule has 100 valence electrons. The van der Waals surface area contributed by atoms with Crippen LogP contribution in [0.15, 0.2) is 36.7 Å². The third-order valence-corrected chi connectivity index (χ3v) is 2.85. The molecule has 5 heteroatoms. The summed E-state index contributed by atoms with van der Waals surface area (Å²) in [5, 5.41) is 2.83. The molecule has 0 aliphatic heterocycles. The van der Waals surface area contributed by atoms with Gasteiger partial charge in [0.05, 0.1) is 12.7 Å². The van der Waals surface area contributed by atoms with E-state index < -0.39 is 0 Å². The highest BCUT2D eigenvalue weighted by atomic mass is 16.5. The van der Waals surface area contributed by atoms with Crippen LogP contribution in [-0.4, -0.2) is 17.6 Å². The Morgan fingerprint density at radius 3 is 2.84 bits per heavy atom. The zero-order valence-electron chi connectivity index (χ0n) is 11.0. The van der Waals surface area contributed by atoms with Crippen molar-refractivity contribution in [2.45, 2.75) is 6.54 Å². The van der Waals surface area contributed by atoms with Gasteiger partial charge in [-0.2, -0.15) is 0 Å². The van der Waals surface area contributed by atoms with Gasteiger partial charge in [-0.05, 0) is 29.8 Å². The maximum Gasteiger partial charge on any atom is 0.253 e. The van der Waals surface area contributed by atoms with Crippen molar-refractivity contribution in [2.24, 2.45) is 7.05 Å². The number of anilines is 1. The predicted octanol–water partition coefficient (Wildman–Crippen LogP) is 1.55. The molecular formula is C14H17N3O2. The summed E-state index contributed by atoms with van der Waals surface area (Å²) in [6, 6.07) is 6.98. The number of nitrogens with one attached hydrogen (secondary N) is 1. The zero-order chi connectivity index (χ0) is 13.8. The van der Waals surface area contributed by atoms with Gasteiger partial charge in [-0.3, -0.25) is 4.79 Å². The second-order valence-electron chi connectivity index (χ2n) is 4.32. The predicted molar refractivity (Wildman–Crippen MR) is 74.0 cm³/mol. The number of carbonyl (C=O) groups is 1. The molecule has 5 nitrogen and oxygen atoms in total. The summed E-state index contributed by atoms with van der Waals surface area (Å²) in [4.78, 5) is 12.1. The van der Waals surface area contributed by atoms with Gasteiger partial charge in [0.25, 0.3) is 5.91 Å². The van der Waals surface area contributed by atoms with Crippen molar-refractivity contribution in [1.82, 2.24) is 9.88 Å². The lowest BCUT2D eigenvalue weighted by Gasteiger charge is -2.08. The Hall–Kier alpha value is -2.43. The molecule has 1 aromatic carbocycles. The number of aromatic nitrogens is 1. The standard InChI is InChI=1S/C14H17N3O2/c1-17-6-5-10(9-17)8-16-14(18)12-7-11(19-2)3-4-13(12)15/h3-7,9H,8,15H2,1-2H3,(H,16,18). The second-order valence-corrected chi connectivity index (χ2v) is 4.32. The maximum absolute atomic E-state index is 12.1. The van der Waals surface area contributed by atoms with Crippen molar-refractivity contribution in [3.8, 4) is 5.75 Å². The normalized spacial score (nSPS) is 10.2. The Morgan fingerprint density at radius 2 is 2.21 bits per heavy atom. The summed E-state index contributed by atoms with van der Waals surface area (Å²) in [6.45, 7) is 0.469. The summed E-state index contributed by atoms with van der Waals surface area (Å²) in [5.74, 6) is 0.402. The van der Waals surface area contributed by atoms with E-state index in [-0.39, 0.29) is 5.91 Å². The van der Waals surface area contributed by atoms with E-state index in [1.54, 1.807) is 25.3 Å². The molecule has 0 saturated heterocycles. The highest BCUT2D eigenvalue weighted by Crippen LogP contribution is 2.19. The van der Waals surface area contributed by atoms with Crippen LogP contribution in [0.3, 0.4) is 0 Å². The van der Waals surface area contributed by atoms with Gasteiger partial charge in [0.1, 0.15) is 5.75 Å². The van der Waals surface area contributed by atoms with Crippen LogP contribution >= 0.6 is 0 Å². The first-order valence-electron chi connectivity index (χ1n) is 5.92. The van der Waals surface area contributed by atoms with Crippen molar-refractivity contribution >= 4 is 11.6 Å². The molecule has 1 amide bonds. The van der Waals surface area contributed by atoms with Crippen molar-refractivity contribution < 1.29 is 9.53 Å². The number of carbonyl (C=O) groups excluding carboxylic acids is 1. The highest BCUT2D eigenvalue weighted by Gasteiger charge is 2.10. The number of benzene rings is 1. The minimum absolute atomic E-state index is 0.208. The van der Waals surface area contributed by atoms with Crippen LogP contribution in [0, 0.1) is 0 Å². The van der Waals surface area contributed by atoms with E-state index in [1.165, 1.54) is 0 Å². The minimum atomic E-state index is -0.208. The van der Waals surface area contributed by atoms with Gasteiger partial charge < -0.3 is 20.4 Å². The van der Waals surface area contributed by atoms with Gasteiger partial charge >= 0.3 is 0 Å². The molecule has 0 spiro atoms. The lowest BCUT2D eigenvalue weighted by molar-refractivity contribution is 0.0951. The van der Waals surface area contributed by atoms with Gasteiger partial charge in [0, 0.05) is 31.7 Å².